The number of rotatable bonds is 1. The van der Waals surface area contributed by atoms with E-state index in [2.05, 4.69) is 47.8 Å². The SMILES string of the molecule is COc1ccc2c(c1)C1(CCCCc3ccccc31)NC2.Cl. The van der Waals surface area contributed by atoms with E-state index in [0.29, 0.717) is 0 Å². The van der Waals surface area contributed by atoms with Crippen molar-refractivity contribution < 1.29 is 4.74 Å². The molecule has 1 N–H and O–H groups in total. The van der Waals surface area contributed by atoms with E-state index in [4.69, 9.17) is 4.74 Å². The standard InChI is InChI=1S/C19H21NO.ClH/c1-21-16-10-9-15-13-20-19(18(15)12-16)11-5-4-7-14-6-2-3-8-17(14)19;/h2-3,6,8-10,12,20H,4-5,7,11,13H2,1H3;1H. The molecule has 0 bridgehead atoms. The number of benzene rings is 2. The smallest absolute Gasteiger partial charge is 0.119 e. The van der Waals surface area contributed by atoms with Crippen molar-refractivity contribution in [1.82, 2.24) is 5.32 Å². The average molecular weight is 316 g/mol. The van der Waals surface area contributed by atoms with Crippen LogP contribution in [0, 0.1) is 0 Å². The van der Waals surface area contributed by atoms with E-state index in [-0.39, 0.29) is 17.9 Å². The van der Waals surface area contributed by atoms with Gasteiger partial charge in [0.05, 0.1) is 12.6 Å². The summed E-state index contributed by atoms with van der Waals surface area (Å²) in [4.78, 5) is 0. The molecule has 0 saturated carbocycles. The predicted octanol–water partition coefficient (Wildman–Crippen LogP) is 4.19. The van der Waals surface area contributed by atoms with E-state index in [1.54, 1.807) is 7.11 Å². The van der Waals surface area contributed by atoms with E-state index in [1.807, 2.05) is 0 Å². The van der Waals surface area contributed by atoms with Gasteiger partial charge in [0.2, 0.25) is 0 Å². The molecule has 4 rings (SSSR count). The summed E-state index contributed by atoms with van der Waals surface area (Å²) in [6.07, 6.45) is 4.90. The summed E-state index contributed by atoms with van der Waals surface area (Å²) in [7, 11) is 1.75. The Bertz CT molecular complexity index is 685. The number of methoxy groups -OCH3 is 1. The fourth-order valence-corrected chi connectivity index (χ4v) is 4.03. The van der Waals surface area contributed by atoms with Gasteiger partial charge in [0.25, 0.3) is 0 Å². The van der Waals surface area contributed by atoms with E-state index in [0.717, 1.165) is 12.3 Å². The van der Waals surface area contributed by atoms with Crippen LogP contribution in [0.2, 0.25) is 0 Å². The monoisotopic (exact) mass is 315 g/mol. The first-order valence-corrected chi connectivity index (χ1v) is 7.84. The molecule has 116 valence electrons. The molecule has 0 fully saturated rings. The van der Waals surface area contributed by atoms with Crippen molar-refractivity contribution in [2.45, 2.75) is 37.8 Å². The maximum Gasteiger partial charge on any atom is 0.119 e. The zero-order chi connectivity index (χ0) is 14.3. The lowest BCUT2D eigenvalue weighted by molar-refractivity contribution is 0.391. The number of ether oxygens (including phenoxy) is 1. The Morgan fingerprint density at radius 3 is 2.73 bits per heavy atom. The van der Waals surface area contributed by atoms with Crippen molar-refractivity contribution >= 4 is 12.4 Å². The van der Waals surface area contributed by atoms with Crippen LogP contribution in [0.3, 0.4) is 0 Å². The third kappa shape index (κ3) is 2.22. The van der Waals surface area contributed by atoms with Gasteiger partial charge in [0.15, 0.2) is 0 Å². The first-order chi connectivity index (χ1) is 10.3. The molecule has 0 aromatic heterocycles. The predicted molar refractivity (Wildman–Crippen MR) is 91.9 cm³/mol. The largest absolute Gasteiger partial charge is 0.497 e. The minimum Gasteiger partial charge on any atom is -0.497 e. The van der Waals surface area contributed by atoms with Crippen molar-refractivity contribution in [1.29, 1.82) is 0 Å². The third-order valence-corrected chi connectivity index (χ3v) is 5.08. The summed E-state index contributed by atoms with van der Waals surface area (Å²) in [6.45, 7) is 0.952. The van der Waals surface area contributed by atoms with E-state index < -0.39 is 0 Å². The Morgan fingerprint density at radius 1 is 1.00 bits per heavy atom. The van der Waals surface area contributed by atoms with E-state index in [9.17, 15) is 0 Å². The maximum absolute atomic E-state index is 5.46. The molecule has 1 spiro atoms. The van der Waals surface area contributed by atoms with Crippen LogP contribution in [0.1, 0.15) is 41.5 Å². The molecule has 1 atom stereocenters. The molecule has 0 saturated heterocycles. The highest BCUT2D eigenvalue weighted by molar-refractivity contribution is 5.85. The molecule has 1 unspecified atom stereocenters. The molecule has 2 nitrogen and oxygen atoms in total. The van der Waals surface area contributed by atoms with Crippen LogP contribution in [0.5, 0.6) is 5.75 Å². The first-order valence-electron chi connectivity index (χ1n) is 7.84. The lowest BCUT2D eigenvalue weighted by Gasteiger charge is -2.32. The van der Waals surface area contributed by atoms with Crippen molar-refractivity contribution in [2.24, 2.45) is 0 Å². The van der Waals surface area contributed by atoms with Crippen LogP contribution in [-0.4, -0.2) is 7.11 Å². The van der Waals surface area contributed by atoms with Gasteiger partial charge in [-0.05, 0) is 53.6 Å². The molecule has 2 aromatic carbocycles. The molecule has 3 heteroatoms. The summed E-state index contributed by atoms with van der Waals surface area (Å²) in [5.41, 5.74) is 5.77. The van der Waals surface area contributed by atoms with Gasteiger partial charge < -0.3 is 4.74 Å². The molecule has 1 aliphatic heterocycles. The average Bonchev–Trinajstić information content (AvgIpc) is 2.79. The lowest BCUT2D eigenvalue weighted by Crippen LogP contribution is -2.38. The van der Waals surface area contributed by atoms with Crippen molar-refractivity contribution in [2.75, 3.05) is 7.11 Å². The maximum atomic E-state index is 5.46. The highest BCUT2D eigenvalue weighted by Gasteiger charge is 2.41. The van der Waals surface area contributed by atoms with Crippen LogP contribution in [0.15, 0.2) is 42.5 Å². The van der Waals surface area contributed by atoms with Crippen molar-refractivity contribution in [3.8, 4) is 5.75 Å². The van der Waals surface area contributed by atoms with Crippen LogP contribution < -0.4 is 10.1 Å². The van der Waals surface area contributed by atoms with Gasteiger partial charge in [-0.3, -0.25) is 5.32 Å². The van der Waals surface area contributed by atoms with Crippen molar-refractivity contribution in [3.05, 3.63) is 64.7 Å². The Hall–Kier alpha value is -1.51. The molecule has 0 radical (unpaired) electrons. The Balaban J connectivity index is 0.00000144. The number of fused-ring (bicyclic) bond motifs is 4. The Kier molecular flexibility index (Phi) is 4.16. The highest BCUT2D eigenvalue weighted by atomic mass is 35.5. The van der Waals surface area contributed by atoms with Gasteiger partial charge in [-0.1, -0.05) is 36.8 Å². The van der Waals surface area contributed by atoms with Crippen molar-refractivity contribution in [3.63, 3.8) is 0 Å². The number of nitrogens with one attached hydrogen (secondary N) is 1. The summed E-state index contributed by atoms with van der Waals surface area (Å²) in [5, 5.41) is 3.83. The number of hydrogen-bond acceptors (Lipinski definition) is 2. The minimum atomic E-state index is -0.0169. The molecule has 2 aromatic rings. The quantitative estimate of drug-likeness (QED) is 0.852. The van der Waals surface area contributed by atoms with Crippen LogP contribution in [0.4, 0.5) is 0 Å². The van der Waals surface area contributed by atoms with Crippen LogP contribution in [0.25, 0.3) is 0 Å². The topological polar surface area (TPSA) is 21.3 Å². The normalized spacial score (nSPS) is 22.4. The minimum absolute atomic E-state index is 0. The zero-order valence-corrected chi connectivity index (χ0v) is 13.7. The summed E-state index contributed by atoms with van der Waals surface area (Å²) < 4.78 is 5.46. The van der Waals surface area contributed by atoms with Gasteiger partial charge in [-0.25, -0.2) is 0 Å². The van der Waals surface area contributed by atoms with Gasteiger partial charge >= 0.3 is 0 Å². The van der Waals surface area contributed by atoms with Crippen LogP contribution in [-0.2, 0) is 18.5 Å². The second kappa shape index (κ2) is 5.94. The first kappa shape index (κ1) is 15.4. The summed E-state index contributed by atoms with van der Waals surface area (Å²) >= 11 is 0. The molecule has 1 heterocycles. The Labute approximate surface area is 138 Å². The molecule has 22 heavy (non-hydrogen) atoms. The van der Waals surface area contributed by atoms with Gasteiger partial charge in [0, 0.05) is 6.54 Å². The van der Waals surface area contributed by atoms with Gasteiger partial charge in [-0.15, -0.1) is 12.4 Å². The second-order valence-electron chi connectivity index (χ2n) is 6.15. The lowest BCUT2D eigenvalue weighted by atomic mass is 9.79. The third-order valence-electron chi connectivity index (χ3n) is 5.08. The molecule has 1 aliphatic carbocycles. The van der Waals surface area contributed by atoms with E-state index in [1.165, 1.54) is 47.9 Å². The molecule has 0 amide bonds. The Morgan fingerprint density at radius 2 is 1.86 bits per heavy atom. The summed E-state index contributed by atoms with van der Waals surface area (Å²) in [6, 6.07) is 15.5. The fourth-order valence-electron chi connectivity index (χ4n) is 4.03. The summed E-state index contributed by atoms with van der Waals surface area (Å²) in [5.74, 6) is 0.957. The number of halogens is 1. The number of hydrogen-bond donors (Lipinski definition) is 1. The molecule has 2 aliphatic rings. The van der Waals surface area contributed by atoms with Crippen LogP contribution >= 0.6 is 12.4 Å². The fraction of sp³-hybridized carbons (Fsp3) is 0.368. The second-order valence-corrected chi connectivity index (χ2v) is 6.15. The highest BCUT2D eigenvalue weighted by Crippen LogP contribution is 2.45. The molecular weight excluding hydrogens is 294 g/mol. The number of aryl methyl sites for hydroxylation is 1. The van der Waals surface area contributed by atoms with Gasteiger partial charge in [0.1, 0.15) is 5.75 Å². The van der Waals surface area contributed by atoms with Gasteiger partial charge in [-0.2, -0.15) is 0 Å². The molecular formula is C19H22ClNO. The zero-order valence-electron chi connectivity index (χ0n) is 12.9. The van der Waals surface area contributed by atoms with E-state index >= 15 is 0 Å².